The van der Waals surface area contributed by atoms with Crippen molar-refractivity contribution in [2.24, 2.45) is 0 Å². The van der Waals surface area contributed by atoms with E-state index in [2.05, 4.69) is 21.4 Å². The molecular formula is C26H33N3O4. The van der Waals surface area contributed by atoms with E-state index in [4.69, 9.17) is 9.47 Å². The Morgan fingerprint density at radius 1 is 1.00 bits per heavy atom. The molecule has 176 valence electrons. The lowest BCUT2D eigenvalue weighted by Crippen LogP contribution is -2.49. The Morgan fingerprint density at radius 3 is 2.33 bits per heavy atom. The first kappa shape index (κ1) is 24.3. The lowest BCUT2D eigenvalue weighted by atomic mass is 10.0. The van der Waals surface area contributed by atoms with E-state index in [1.165, 1.54) is 7.11 Å². The number of nitrogens with one attached hydrogen (secondary N) is 2. The number of benzene rings is 2. The highest BCUT2D eigenvalue weighted by Crippen LogP contribution is 2.27. The lowest BCUT2D eigenvalue weighted by molar-refractivity contribution is 0.0512. The second-order valence-corrected chi connectivity index (χ2v) is 9.68. The van der Waals surface area contributed by atoms with E-state index in [-0.39, 0.29) is 5.97 Å². The number of methoxy groups -OCH3 is 1. The summed E-state index contributed by atoms with van der Waals surface area (Å²) in [5.41, 5.74) is 2.63. The Morgan fingerprint density at radius 2 is 1.70 bits per heavy atom. The molecular weight excluding hydrogens is 418 g/mol. The zero-order valence-electron chi connectivity index (χ0n) is 20.2. The summed E-state index contributed by atoms with van der Waals surface area (Å²) in [4.78, 5) is 24.1. The van der Waals surface area contributed by atoms with Crippen molar-refractivity contribution in [1.82, 2.24) is 15.2 Å². The van der Waals surface area contributed by atoms with E-state index in [1.807, 2.05) is 77.1 Å². The summed E-state index contributed by atoms with van der Waals surface area (Å²) >= 11 is 0. The number of carbonyl (C=O) groups excluding carboxylic acids is 2. The molecule has 0 fully saturated rings. The van der Waals surface area contributed by atoms with Crippen LogP contribution in [0.4, 0.5) is 4.79 Å². The molecule has 7 nitrogen and oxygen atoms in total. The third-order valence-corrected chi connectivity index (χ3v) is 5.17. The first-order valence-electron chi connectivity index (χ1n) is 11.0. The Kier molecular flexibility index (Phi) is 7.12. The Bertz CT molecular complexity index is 1130. The highest BCUT2D eigenvalue weighted by Gasteiger charge is 2.22. The van der Waals surface area contributed by atoms with Crippen molar-refractivity contribution >= 4 is 23.0 Å². The molecule has 3 aromatic rings. The number of hydrogen-bond acceptors (Lipinski definition) is 5. The summed E-state index contributed by atoms with van der Waals surface area (Å²) in [5.74, 6) is -0.370. The summed E-state index contributed by atoms with van der Waals surface area (Å²) in [6.45, 7) is 10.5. The van der Waals surface area contributed by atoms with Gasteiger partial charge in [0, 0.05) is 35.9 Å². The predicted molar refractivity (Wildman–Crippen MR) is 130 cm³/mol. The monoisotopic (exact) mass is 451 g/mol. The van der Waals surface area contributed by atoms with Crippen molar-refractivity contribution < 1.29 is 19.1 Å². The molecule has 7 heteroatoms. The topological polar surface area (TPSA) is 81.6 Å². The van der Waals surface area contributed by atoms with Gasteiger partial charge in [0.15, 0.2) is 0 Å². The highest BCUT2D eigenvalue weighted by atomic mass is 16.6. The zero-order chi connectivity index (χ0) is 24.2. The average molecular weight is 452 g/mol. The maximum absolute atomic E-state index is 12.1. The minimum Gasteiger partial charge on any atom is -0.465 e. The first-order chi connectivity index (χ1) is 15.5. The van der Waals surface area contributed by atoms with Crippen LogP contribution in [0, 0.1) is 0 Å². The van der Waals surface area contributed by atoms with Gasteiger partial charge in [0.1, 0.15) is 5.60 Å². The van der Waals surface area contributed by atoms with Gasteiger partial charge in [-0.25, -0.2) is 9.59 Å². The van der Waals surface area contributed by atoms with Crippen molar-refractivity contribution in [1.29, 1.82) is 0 Å². The fourth-order valence-corrected chi connectivity index (χ4v) is 3.49. The molecule has 0 saturated carbocycles. The van der Waals surface area contributed by atoms with Gasteiger partial charge in [0.2, 0.25) is 0 Å². The molecule has 0 aliphatic heterocycles. The number of hydrogen-bond donors (Lipinski definition) is 2. The van der Waals surface area contributed by atoms with Gasteiger partial charge < -0.3 is 24.7 Å². The van der Waals surface area contributed by atoms with E-state index in [1.54, 1.807) is 6.07 Å². The molecule has 3 rings (SSSR count). The van der Waals surface area contributed by atoms with Crippen molar-refractivity contribution in [3.05, 3.63) is 65.9 Å². The number of para-hydroxylation sites is 1. The summed E-state index contributed by atoms with van der Waals surface area (Å²) in [7, 11) is 1.38. The number of nitrogens with zero attached hydrogens (tertiary/aromatic N) is 1. The van der Waals surface area contributed by atoms with Crippen LogP contribution in [0.15, 0.2) is 54.7 Å². The molecule has 0 aliphatic carbocycles. The number of alkyl carbamates (subject to hydrolysis) is 1. The maximum Gasteiger partial charge on any atom is 0.407 e. The van der Waals surface area contributed by atoms with Crippen molar-refractivity contribution in [2.45, 2.75) is 52.3 Å². The molecule has 0 saturated heterocycles. The van der Waals surface area contributed by atoms with Crippen LogP contribution in [0.25, 0.3) is 16.6 Å². The number of fused-ring (bicyclic) bond motifs is 1. The second-order valence-electron chi connectivity index (χ2n) is 9.68. The molecule has 1 amide bonds. The van der Waals surface area contributed by atoms with E-state index in [0.29, 0.717) is 18.7 Å². The Balaban J connectivity index is 1.84. The number of esters is 1. The van der Waals surface area contributed by atoms with Gasteiger partial charge in [-0.1, -0.05) is 18.2 Å². The van der Waals surface area contributed by atoms with Gasteiger partial charge in [-0.15, -0.1) is 0 Å². The zero-order valence-corrected chi connectivity index (χ0v) is 20.2. The summed E-state index contributed by atoms with van der Waals surface area (Å²) in [6, 6.07) is 15.6. The molecule has 0 spiro atoms. The van der Waals surface area contributed by atoms with Crippen LogP contribution in [0.3, 0.4) is 0 Å². The van der Waals surface area contributed by atoms with Crippen LogP contribution in [0.5, 0.6) is 0 Å². The van der Waals surface area contributed by atoms with E-state index in [0.717, 1.165) is 22.2 Å². The first-order valence-corrected chi connectivity index (χ1v) is 11.0. The van der Waals surface area contributed by atoms with Gasteiger partial charge in [0.25, 0.3) is 0 Å². The van der Waals surface area contributed by atoms with Crippen molar-refractivity contribution in [3.8, 4) is 5.69 Å². The quantitative estimate of drug-likeness (QED) is 0.504. The number of carbonyl (C=O) groups is 2. The van der Waals surface area contributed by atoms with Crippen LogP contribution in [-0.2, 0) is 16.0 Å². The number of aromatic nitrogens is 1. The largest absolute Gasteiger partial charge is 0.465 e. The highest BCUT2D eigenvalue weighted by molar-refractivity contribution is 5.96. The third kappa shape index (κ3) is 6.35. The van der Waals surface area contributed by atoms with Crippen molar-refractivity contribution in [3.63, 3.8) is 0 Å². The fraction of sp³-hybridized carbons (Fsp3) is 0.385. The van der Waals surface area contributed by atoms with Crippen LogP contribution < -0.4 is 10.6 Å². The summed E-state index contributed by atoms with van der Waals surface area (Å²) in [6.07, 6.45) is 1.63. The molecule has 1 heterocycles. The van der Waals surface area contributed by atoms with Gasteiger partial charge in [0.05, 0.1) is 18.2 Å². The number of rotatable bonds is 7. The normalized spacial score (nSPS) is 11.9. The number of ether oxygens (including phenoxy) is 2. The van der Waals surface area contributed by atoms with Crippen LogP contribution in [-0.4, -0.2) is 41.4 Å². The third-order valence-electron chi connectivity index (χ3n) is 5.17. The fourth-order valence-electron chi connectivity index (χ4n) is 3.49. The van der Waals surface area contributed by atoms with Crippen LogP contribution in [0.2, 0.25) is 0 Å². The molecule has 2 aromatic carbocycles. The van der Waals surface area contributed by atoms with E-state index < -0.39 is 17.2 Å². The minimum atomic E-state index is -0.543. The van der Waals surface area contributed by atoms with E-state index in [9.17, 15) is 9.59 Å². The van der Waals surface area contributed by atoms with Crippen molar-refractivity contribution in [2.75, 3.05) is 13.7 Å². The van der Waals surface area contributed by atoms with Gasteiger partial charge in [-0.3, -0.25) is 0 Å². The second kappa shape index (κ2) is 9.67. The standard InChI is InChI=1S/C26H33N3O4/c1-25(2,3)33-24(31)27-17-26(4,5)28-15-19-16-29(20-10-8-7-9-11-20)22-13-12-18(14-21(19)22)23(30)32-6/h7-14,16,28H,15,17H2,1-6H3,(H,27,31). The van der Waals surface area contributed by atoms with E-state index >= 15 is 0 Å². The van der Waals surface area contributed by atoms with Gasteiger partial charge in [-0.2, -0.15) is 0 Å². The maximum atomic E-state index is 12.1. The Hall–Kier alpha value is -3.32. The SMILES string of the molecule is COC(=O)c1ccc2c(c1)c(CNC(C)(C)CNC(=O)OC(C)(C)C)cn2-c1ccccc1. The lowest BCUT2D eigenvalue weighted by Gasteiger charge is -2.28. The summed E-state index contributed by atoms with van der Waals surface area (Å²) < 4.78 is 12.3. The molecule has 1 aromatic heterocycles. The smallest absolute Gasteiger partial charge is 0.407 e. The molecule has 33 heavy (non-hydrogen) atoms. The molecule has 0 atom stereocenters. The van der Waals surface area contributed by atoms with Crippen LogP contribution in [0.1, 0.15) is 50.5 Å². The molecule has 0 bridgehead atoms. The average Bonchev–Trinajstić information content (AvgIpc) is 3.13. The molecule has 2 N–H and O–H groups in total. The summed E-state index contributed by atoms with van der Waals surface area (Å²) in [5, 5.41) is 7.30. The number of amides is 1. The Labute approximate surface area is 195 Å². The molecule has 0 radical (unpaired) electrons. The van der Waals surface area contributed by atoms with Crippen LogP contribution >= 0.6 is 0 Å². The minimum absolute atomic E-state index is 0.370. The molecule has 0 unspecified atom stereocenters. The van der Waals surface area contributed by atoms with Gasteiger partial charge in [-0.05, 0) is 70.5 Å². The predicted octanol–water partition coefficient (Wildman–Crippen LogP) is 4.81. The van der Waals surface area contributed by atoms with Gasteiger partial charge >= 0.3 is 12.1 Å². The molecule has 0 aliphatic rings.